The highest BCUT2D eigenvalue weighted by molar-refractivity contribution is 14.1. The summed E-state index contributed by atoms with van der Waals surface area (Å²) in [5.41, 5.74) is 0. The molecule has 0 fully saturated rings. The van der Waals surface area contributed by atoms with E-state index in [0.717, 1.165) is 4.47 Å². The molecule has 1 rings (SSSR count). The van der Waals surface area contributed by atoms with Crippen LogP contribution in [-0.4, -0.2) is 12.2 Å². The molecule has 66 valence electrons. The van der Waals surface area contributed by atoms with Gasteiger partial charge in [0.25, 0.3) is 0 Å². The zero-order chi connectivity index (χ0) is 9.19. The molecule has 0 aliphatic rings. The molecule has 5 heteroatoms. The Bertz CT molecular complexity index is 357. The Morgan fingerprint density at radius 3 is 2.17 bits per heavy atom. The molecule has 0 aliphatic carbocycles. The maximum atomic E-state index is 11.3. The van der Waals surface area contributed by atoms with E-state index in [0.29, 0.717) is 4.90 Å². The maximum Gasteiger partial charge on any atom is 0.187 e. The molecule has 1 aromatic carbocycles. The van der Waals surface area contributed by atoms with Crippen LogP contribution in [0.1, 0.15) is 0 Å². The van der Waals surface area contributed by atoms with Crippen LogP contribution in [-0.2, 0) is 9.84 Å². The van der Waals surface area contributed by atoms with Crippen molar-refractivity contribution in [3.63, 3.8) is 0 Å². The molecule has 0 radical (unpaired) electrons. The van der Waals surface area contributed by atoms with E-state index in [2.05, 4.69) is 15.9 Å². The van der Waals surface area contributed by atoms with Gasteiger partial charge in [0.05, 0.1) is 4.90 Å². The van der Waals surface area contributed by atoms with Crippen LogP contribution in [0.2, 0.25) is 0 Å². The molecule has 12 heavy (non-hydrogen) atoms. The molecule has 0 saturated heterocycles. The molecule has 0 saturated carbocycles. The number of hydrogen-bond donors (Lipinski definition) is 0. The standard InChI is InChI=1S/C7H6BrIO2S/c8-6-1-3-7(4-2-6)12(10,11)5-9/h1-4H,5H2. The number of sulfone groups is 1. The van der Waals surface area contributed by atoms with Crippen molar-refractivity contribution >= 4 is 48.4 Å². The van der Waals surface area contributed by atoms with Crippen LogP contribution >= 0.6 is 38.5 Å². The van der Waals surface area contributed by atoms with Gasteiger partial charge in [-0.25, -0.2) is 8.42 Å². The van der Waals surface area contributed by atoms with Crippen molar-refractivity contribution in [1.29, 1.82) is 0 Å². The molecule has 0 unspecified atom stereocenters. The molecule has 0 spiro atoms. The first-order chi connectivity index (χ1) is 5.56. The zero-order valence-corrected chi connectivity index (χ0v) is 10.6. The Balaban J connectivity index is 3.14. The molecular weight excluding hydrogens is 355 g/mol. The summed E-state index contributed by atoms with van der Waals surface area (Å²) >= 11 is 5.08. The fraction of sp³-hybridized carbons (Fsp3) is 0.143. The summed E-state index contributed by atoms with van der Waals surface area (Å²) in [6.07, 6.45) is 0. The SMILES string of the molecule is O=S(=O)(CI)c1ccc(Br)cc1. The van der Waals surface area contributed by atoms with Crippen molar-refractivity contribution in [3.8, 4) is 0 Å². The minimum atomic E-state index is -3.05. The van der Waals surface area contributed by atoms with E-state index in [-0.39, 0.29) is 3.76 Å². The highest BCUT2D eigenvalue weighted by Crippen LogP contribution is 2.16. The fourth-order valence-electron chi connectivity index (χ4n) is 0.705. The molecule has 1 aromatic rings. The van der Waals surface area contributed by atoms with Crippen LogP contribution < -0.4 is 0 Å². The van der Waals surface area contributed by atoms with Gasteiger partial charge >= 0.3 is 0 Å². The predicted octanol–water partition coefficient (Wildman–Crippen LogP) is 2.62. The lowest BCUT2D eigenvalue weighted by molar-refractivity contribution is 0.601. The van der Waals surface area contributed by atoms with Gasteiger partial charge in [0.2, 0.25) is 0 Å². The number of hydrogen-bond acceptors (Lipinski definition) is 2. The quantitative estimate of drug-likeness (QED) is 0.600. The Kier molecular flexibility index (Phi) is 3.54. The van der Waals surface area contributed by atoms with Crippen molar-refractivity contribution in [2.75, 3.05) is 3.76 Å². The van der Waals surface area contributed by atoms with Crippen LogP contribution in [0.15, 0.2) is 33.6 Å². The average molecular weight is 361 g/mol. The molecule has 0 heterocycles. The first kappa shape index (κ1) is 10.5. The van der Waals surface area contributed by atoms with Crippen LogP contribution in [0.3, 0.4) is 0 Å². The normalized spacial score (nSPS) is 11.5. The second-order valence-corrected chi connectivity index (χ2v) is 6.88. The summed E-state index contributed by atoms with van der Waals surface area (Å²) in [5, 5.41) is 0. The van der Waals surface area contributed by atoms with Gasteiger partial charge in [-0.05, 0) is 24.3 Å². The Hall–Kier alpha value is 0.380. The van der Waals surface area contributed by atoms with Crippen LogP contribution in [0, 0.1) is 0 Å². The highest BCUT2D eigenvalue weighted by Gasteiger charge is 2.10. The van der Waals surface area contributed by atoms with Crippen LogP contribution in [0.4, 0.5) is 0 Å². The van der Waals surface area contributed by atoms with Gasteiger partial charge in [-0.15, -0.1) is 0 Å². The second-order valence-electron chi connectivity index (χ2n) is 2.18. The van der Waals surface area contributed by atoms with Gasteiger partial charge < -0.3 is 0 Å². The van der Waals surface area contributed by atoms with E-state index in [1.54, 1.807) is 24.3 Å². The summed E-state index contributed by atoms with van der Waals surface area (Å²) in [5.74, 6) is 0. The number of rotatable bonds is 2. The average Bonchev–Trinajstić information content (AvgIpc) is 2.05. The lowest BCUT2D eigenvalue weighted by Gasteiger charge is -1.98. The Labute approximate surface area is 93.6 Å². The second kappa shape index (κ2) is 4.06. The monoisotopic (exact) mass is 360 g/mol. The summed E-state index contributed by atoms with van der Waals surface area (Å²) < 4.78 is 23.6. The van der Waals surface area contributed by atoms with Gasteiger partial charge in [0.15, 0.2) is 9.84 Å². The highest BCUT2D eigenvalue weighted by atomic mass is 127. The third kappa shape index (κ3) is 2.43. The summed E-state index contributed by atoms with van der Waals surface area (Å²) in [7, 11) is -3.05. The zero-order valence-electron chi connectivity index (χ0n) is 6.00. The smallest absolute Gasteiger partial charge is 0.187 e. The van der Waals surface area contributed by atoms with E-state index in [1.807, 2.05) is 22.6 Å². The largest absolute Gasteiger partial charge is 0.223 e. The molecule has 0 bridgehead atoms. The lowest BCUT2D eigenvalue weighted by Crippen LogP contribution is -2.00. The van der Waals surface area contributed by atoms with Crippen molar-refractivity contribution in [3.05, 3.63) is 28.7 Å². The third-order valence-electron chi connectivity index (χ3n) is 1.32. The summed E-state index contributed by atoms with van der Waals surface area (Å²) in [6.45, 7) is 0. The number of benzene rings is 1. The lowest BCUT2D eigenvalue weighted by atomic mass is 10.4. The first-order valence-electron chi connectivity index (χ1n) is 3.10. The van der Waals surface area contributed by atoms with Gasteiger partial charge in [0, 0.05) is 4.47 Å². The van der Waals surface area contributed by atoms with Crippen molar-refractivity contribution in [1.82, 2.24) is 0 Å². The van der Waals surface area contributed by atoms with Crippen molar-refractivity contribution < 1.29 is 8.42 Å². The first-order valence-corrected chi connectivity index (χ1v) is 7.07. The van der Waals surface area contributed by atoms with Crippen molar-refractivity contribution in [2.24, 2.45) is 0 Å². The Morgan fingerprint density at radius 2 is 1.75 bits per heavy atom. The maximum absolute atomic E-state index is 11.3. The molecule has 0 aliphatic heterocycles. The van der Waals surface area contributed by atoms with Gasteiger partial charge in [-0.2, -0.15) is 0 Å². The molecule has 0 N–H and O–H groups in total. The minimum Gasteiger partial charge on any atom is -0.223 e. The van der Waals surface area contributed by atoms with Gasteiger partial charge in [-0.3, -0.25) is 0 Å². The van der Waals surface area contributed by atoms with E-state index in [4.69, 9.17) is 0 Å². The van der Waals surface area contributed by atoms with E-state index in [1.165, 1.54) is 0 Å². The van der Waals surface area contributed by atoms with Gasteiger partial charge in [-0.1, -0.05) is 38.5 Å². The summed E-state index contributed by atoms with van der Waals surface area (Å²) in [4.78, 5) is 0.375. The molecule has 0 amide bonds. The number of alkyl halides is 1. The third-order valence-corrected chi connectivity index (χ3v) is 5.58. The van der Waals surface area contributed by atoms with E-state index >= 15 is 0 Å². The van der Waals surface area contributed by atoms with Crippen LogP contribution in [0.25, 0.3) is 0 Å². The van der Waals surface area contributed by atoms with Crippen LogP contribution in [0.5, 0.6) is 0 Å². The summed E-state index contributed by atoms with van der Waals surface area (Å²) in [6, 6.07) is 6.63. The minimum absolute atomic E-state index is 0.117. The number of halogens is 2. The Morgan fingerprint density at radius 1 is 1.25 bits per heavy atom. The molecule has 0 atom stereocenters. The fourth-order valence-corrected chi connectivity index (χ4v) is 2.72. The predicted molar refractivity (Wildman–Crippen MR) is 60.2 cm³/mol. The topological polar surface area (TPSA) is 34.1 Å². The van der Waals surface area contributed by atoms with Gasteiger partial charge in [0.1, 0.15) is 3.76 Å². The van der Waals surface area contributed by atoms with E-state index < -0.39 is 9.84 Å². The molecular formula is C7H6BrIO2S. The molecule has 2 nitrogen and oxygen atoms in total. The van der Waals surface area contributed by atoms with Crippen molar-refractivity contribution in [2.45, 2.75) is 4.90 Å². The molecule has 0 aromatic heterocycles. The van der Waals surface area contributed by atoms with E-state index in [9.17, 15) is 8.42 Å².